The van der Waals surface area contributed by atoms with E-state index in [4.69, 9.17) is 0 Å². The van der Waals surface area contributed by atoms with Crippen LogP contribution in [0.2, 0.25) is 0 Å². The van der Waals surface area contributed by atoms with Crippen LogP contribution < -0.4 is 5.32 Å². The third-order valence-corrected chi connectivity index (χ3v) is 4.00. The molecule has 0 spiro atoms. The number of halogens is 2. The lowest BCUT2D eigenvalue weighted by Gasteiger charge is -2.15. The molecule has 1 aliphatic heterocycles. The van der Waals surface area contributed by atoms with Gasteiger partial charge in [0.2, 0.25) is 5.91 Å². The first kappa shape index (κ1) is 13.5. The first-order valence-electron chi connectivity index (χ1n) is 5.99. The van der Waals surface area contributed by atoms with Gasteiger partial charge in [0.05, 0.1) is 0 Å². The molecule has 1 aliphatic rings. The number of nitrogens with zero attached hydrogens (tertiary/aromatic N) is 1. The van der Waals surface area contributed by atoms with E-state index in [2.05, 4.69) is 21.2 Å². The van der Waals surface area contributed by atoms with Crippen molar-refractivity contribution in [3.8, 4) is 0 Å². The number of amides is 1. The number of hydrogen-bond acceptors (Lipinski definition) is 2. The molecule has 2 rings (SSSR count). The van der Waals surface area contributed by atoms with Crippen LogP contribution in [0.15, 0.2) is 22.7 Å². The maximum absolute atomic E-state index is 13.1. The summed E-state index contributed by atoms with van der Waals surface area (Å²) in [5, 5.41) is 3.36. The number of carbonyl (C=O) groups excluding carboxylic acids is 1. The summed E-state index contributed by atoms with van der Waals surface area (Å²) in [5.41, 5.74) is 0.899. The topological polar surface area (TPSA) is 32.3 Å². The summed E-state index contributed by atoms with van der Waals surface area (Å²) < 4.78 is 14.0. The van der Waals surface area contributed by atoms with Crippen LogP contribution >= 0.6 is 15.9 Å². The molecule has 0 saturated carbocycles. The van der Waals surface area contributed by atoms with Gasteiger partial charge in [-0.25, -0.2) is 4.39 Å². The minimum Gasteiger partial charge on any atom is -0.341 e. The van der Waals surface area contributed by atoms with Crippen molar-refractivity contribution in [3.05, 3.63) is 34.1 Å². The van der Waals surface area contributed by atoms with Crippen molar-refractivity contribution in [3.63, 3.8) is 0 Å². The van der Waals surface area contributed by atoms with Gasteiger partial charge in [0.25, 0.3) is 0 Å². The molecule has 0 unspecified atom stereocenters. The SMILES string of the molecule is CC(=O)N1CC[C@@H](NCc2cc(F)ccc2Br)C1. The summed E-state index contributed by atoms with van der Waals surface area (Å²) in [6.45, 7) is 3.74. The van der Waals surface area contributed by atoms with E-state index in [1.165, 1.54) is 12.1 Å². The molecule has 1 saturated heterocycles. The van der Waals surface area contributed by atoms with Crippen LogP contribution in [-0.4, -0.2) is 29.9 Å². The molecule has 1 heterocycles. The third kappa shape index (κ3) is 3.29. The van der Waals surface area contributed by atoms with E-state index in [1.54, 1.807) is 13.0 Å². The van der Waals surface area contributed by atoms with Crippen LogP contribution in [0.25, 0.3) is 0 Å². The molecule has 1 N–H and O–H groups in total. The molecule has 0 aliphatic carbocycles. The van der Waals surface area contributed by atoms with E-state index in [1.807, 2.05) is 4.90 Å². The van der Waals surface area contributed by atoms with Gasteiger partial charge in [-0.15, -0.1) is 0 Å². The Morgan fingerprint density at radius 1 is 1.61 bits per heavy atom. The number of nitrogens with one attached hydrogen (secondary N) is 1. The zero-order valence-electron chi connectivity index (χ0n) is 10.2. The molecule has 0 radical (unpaired) electrons. The quantitative estimate of drug-likeness (QED) is 0.928. The Kier molecular flexibility index (Phi) is 4.35. The molecule has 1 aromatic carbocycles. The van der Waals surface area contributed by atoms with Gasteiger partial charge in [-0.1, -0.05) is 15.9 Å². The summed E-state index contributed by atoms with van der Waals surface area (Å²) in [6, 6.07) is 4.96. The second-order valence-electron chi connectivity index (χ2n) is 4.57. The van der Waals surface area contributed by atoms with Gasteiger partial charge in [0, 0.05) is 37.1 Å². The Morgan fingerprint density at radius 3 is 3.06 bits per heavy atom. The standard InChI is InChI=1S/C13H16BrFN2O/c1-9(18)17-5-4-12(8-17)16-7-10-6-11(15)2-3-13(10)14/h2-3,6,12,16H,4-5,7-8H2,1H3/t12-/m1/s1. The van der Waals surface area contributed by atoms with Gasteiger partial charge < -0.3 is 10.2 Å². The van der Waals surface area contributed by atoms with Crippen LogP contribution in [-0.2, 0) is 11.3 Å². The fourth-order valence-electron chi connectivity index (χ4n) is 2.15. The van der Waals surface area contributed by atoms with Gasteiger partial charge in [-0.2, -0.15) is 0 Å². The fourth-order valence-corrected chi connectivity index (χ4v) is 2.53. The Balaban J connectivity index is 1.89. The lowest BCUT2D eigenvalue weighted by molar-refractivity contribution is -0.127. The number of likely N-dealkylation sites (tertiary alicyclic amines) is 1. The number of carbonyl (C=O) groups is 1. The third-order valence-electron chi connectivity index (χ3n) is 3.22. The average molecular weight is 315 g/mol. The first-order chi connectivity index (χ1) is 8.56. The van der Waals surface area contributed by atoms with Crippen molar-refractivity contribution >= 4 is 21.8 Å². The van der Waals surface area contributed by atoms with E-state index >= 15 is 0 Å². The van der Waals surface area contributed by atoms with Crippen molar-refractivity contribution in [1.29, 1.82) is 0 Å². The van der Waals surface area contributed by atoms with Gasteiger partial charge in [0.15, 0.2) is 0 Å². The van der Waals surface area contributed by atoms with Gasteiger partial charge in [-0.05, 0) is 30.2 Å². The van der Waals surface area contributed by atoms with Crippen LogP contribution in [0.5, 0.6) is 0 Å². The van der Waals surface area contributed by atoms with Crippen LogP contribution in [0, 0.1) is 5.82 Å². The monoisotopic (exact) mass is 314 g/mol. The fraction of sp³-hybridized carbons (Fsp3) is 0.462. The molecule has 98 valence electrons. The molecule has 1 atom stereocenters. The predicted molar refractivity (Wildman–Crippen MR) is 71.6 cm³/mol. The zero-order chi connectivity index (χ0) is 13.1. The first-order valence-corrected chi connectivity index (χ1v) is 6.78. The summed E-state index contributed by atoms with van der Waals surface area (Å²) in [5.74, 6) is -0.113. The predicted octanol–water partition coefficient (Wildman–Crippen LogP) is 2.30. The highest BCUT2D eigenvalue weighted by atomic mass is 79.9. The van der Waals surface area contributed by atoms with E-state index in [-0.39, 0.29) is 11.7 Å². The molecular weight excluding hydrogens is 299 g/mol. The average Bonchev–Trinajstić information content (AvgIpc) is 2.79. The van der Waals surface area contributed by atoms with Gasteiger partial charge >= 0.3 is 0 Å². The molecule has 1 amide bonds. The lowest BCUT2D eigenvalue weighted by atomic mass is 10.2. The number of benzene rings is 1. The zero-order valence-corrected chi connectivity index (χ0v) is 11.8. The summed E-state index contributed by atoms with van der Waals surface area (Å²) >= 11 is 3.40. The van der Waals surface area contributed by atoms with Gasteiger partial charge in [-0.3, -0.25) is 4.79 Å². The number of rotatable bonds is 3. The highest BCUT2D eigenvalue weighted by Crippen LogP contribution is 2.18. The minimum absolute atomic E-state index is 0.117. The van der Waals surface area contributed by atoms with Crippen LogP contribution in [0.1, 0.15) is 18.9 Å². The minimum atomic E-state index is -0.230. The Bertz CT molecular complexity index is 453. The molecule has 0 bridgehead atoms. The second kappa shape index (κ2) is 5.80. The molecule has 5 heteroatoms. The van der Waals surface area contributed by atoms with Crippen LogP contribution in [0.4, 0.5) is 4.39 Å². The van der Waals surface area contributed by atoms with E-state index in [0.717, 1.165) is 29.5 Å². The molecule has 1 aromatic rings. The van der Waals surface area contributed by atoms with E-state index in [0.29, 0.717) is 12.6 Å². The Hall–Kier alpha value is -0.940. The molecule has 18 heavy (non-hydrogen) atoms. The second-order valence-corrected chi connectivity index (χ2v) is 5.42. The smallest absolute Gasteiger partial charge is 0.219 e. The number of hydrogen-bond donors (Lipinski definition) is 1. The molecule has 3 nitrogen and oxygen atoms in total. The van der Waals surface area contributed by atoms with E-state index < -0.39 is 0 Å². The highest BCUT2D eigenvalue weighted by molar-refractivity contribution is 9.10. The summed E-state index contributed by atoms with van der Waals surface area (Å²) in [7, 11) is 0. The highest BCUT2D eigenvalue weighted by Gasteiger charge is 2.23. The maximum atomic E-state index is 13.1. The lowest BCUT2D eigenvalue weighted by Crippen LogP contribution is -2.33. The van der Waals surface area contributed by atoms with E-state index in [9.17, 15) is 9.18 Å². The van der Waals surface area contributed by atoms with Crippen molar-refractivity contribution in [2.24, 2.45) is 0 Å². The Morgan fingerprint density at radius 2 is 2.39 bits per heavy atom. The summed E-state index contributed by atoms with van der Waals surface area (Å²) in [4.78, 5) is 13.0. The largest absolute Gasteiger partial charge is 0.341 e. The normalized spacial score (nSPS) is 19.3. The van der Waals surface area contributed by atoms with Crippen molar-refractivity contribution in [2.75, 3.05) is 13.1 Å². The van der Waals surface area contributed by atoms with Crippen LogP contribution in [0.3, 0.4) is 0 Å². The van der Waals surface area contributed by atoms with Gasteiger partial charge in [0.1, 0.15) is 5.82 Å². The maximum Gasteiger partial charge on any atom is 0.219 e. The molecule has 1 fully saturated rings. The van der Waals surface area contributed by atoms with Crippen molar-refractivity contribution in [1.82, 2.24) is 10.2 Å². The molecular formula is C13H16BrFN2O. The van der Waals surface area contributed by atoms with Crippen molar-refractivity contribution in [2.45, 2.75) is 25.9 Å². The summed E-state index contributed by atoms with van der Waals surface area (Å²) in [6.07, 6.45) is 0.951. The Labute approximate surface area is 114 Å². The molecule has 0 aromatic heterocycles. The van der Waals surface area contributed by atoms with Crippen molar-refractivity contribution < 1.29 is 9.18 Å².